The molecule has 9 nitrogen and oxygen atoms in total. The van der Waals surface area contributed by atoms with Crippen LogP contribution < -0.4 is 25.4 Å². The van der Waals surface area contributed by atoms with Crippen molar-refractivity contribution >= 4 is 39.9 Å². The zero-order valence-corrected chi connectivity index (χ0v) is 24.5. The first kappa shape index (κ1) is 30.8. The smallest absolute Gasteiger partial charge is 0.416 e. The Hall–Kier alpha value is -5.65. The number of hydrogen-bond donors (Lipinski definition) is 3. The molecular weight excluding hydrogens is 587 g/mol. The Labute approximate surface area is 256 Å². The molecular formula is C33H28F3N5O4. The van der Waals surface area contributed by atoms with Crippen LogP contribution in [0.15, 0.2) is 85.2 Å². The van der Waals surface area contributed by atoms with E-state index in [1.165, 1.54) is 24.5 Å². The Morgan fingerprint density at radius 2 is 1.64 bits per heavy atom. The average Bonchev–Trinajstić information content (AvgIpc) is 3.04. The predicted molar refractivity (Wildman–Crippen MR) is 165 cm³/mol. The van der Waals surface area contributed by atoms with Gasteiger partial charge in [-0.2, -0.15) is 13.2 Å². The van der Waals surface area contributed by atoms with Crippen LogP contribution in [0.1, 0.15) is 37.4 Å². The molecule has 0 unspecified atom stereocenters. The van der Waals surface area contributed by atoms with Crippen molar-refractivity contribution in [3.63, 3.8) is 0 Å². The molecule has 230 valence electrons. The van der Waals surface area contributed by atoms with Gasteiger partial charge in [0, 0.05) is 40.5 Å². The van der Waals surface area contributed by atoms with Crippen molar-refractivity contribution < 1.29 is 32.2 Å². The Bertz CT molecular complexity index is 1900. The molecule has 1 aromatic heterocycles. The van der Waals surface area contributed by atoms with Crippen molar-refractivity contribution in [2.24, 2.45) is 0 Å². The summed E-state index contributed by atoms with van der Waals surface area (Å²) in [6.07, 6.45) is -3.22. The maximum atomic E-state index is 13.5. The van der Waals surface area contributed by atoms with Crippen LogP contribution in [-0.4, -0.2) is 36.0 Å². The lowest BCUT2D eigenvalue weighted by Gasteiger charge is -2.14. The first-order valence-electron chi connectivity index (χ1n) is 13.7. The second-order valence-electron chi connectivity index (χ2n) is 9.97. The molecule has 0 spiro atoms. The number of aromatic nitrogens is 2. The maximum absolute atomic E-state index is 13.5. The van der Waals surface area contributed by atoms with E-state index in [1.54, 1.807) is 57.5 Å². The van der Waals surface area contributed by atoms with Crippen molar-refractivity contribution in [2.45, 2.75) is 19.6 Å². The largest absolute Gasteiger partial charge is 0.497 e. The van der Waals surface area contributed by atoms with E-state index in [2.05, 4.69) is 25.9 Å². The molecule has 5 aromatic rings. The first-order chi connectivity index (χ1) is 21.6. The molecule has 4 aromatic carbocycles. The number of carbonyl (C=O) groups excluding carboxylic acids is 2. The molecule has 0 atom stereocenters. The summed E-state index contributed by atoms with van der Waals surface area (Å²) in [6, 6.07) is 19.6. The van der Waals surface area contributed by atoms with Crippen molar-refractivity contribution in [3.8, 4) is 11.5 Å². The molecule has 0 aliphatic heterocycles. The molecule has 0 saturated heterocycles. The molecule has 12 heteroatoms. The van der Waals surface area contributed by atoms with Gasteiger partial charge in [-0.15, -0.1) is 0 Å². The molecule has 3 N–H and O–H groups in total. The summed E-state index contributed by atoms with van der Waals surface area (Å²) >= 11 is 0. The fourth-order valence-corrected chi connectivity index (χ4v) is 4.65. The van der Waals surface area contributed by atoms with Gasteiger partial charge in [0.15, 0.2) is 0 Å². The van der Waals surface area contributed by atoms with Gasteiger partial charge in [0.1, 0.15) is 23.6 Å². The van der Waals surface area contributed by atoms with Gasteiger partial charge >= 0.3 is 6.18 Å². The highest BCUT2D eigenvalue weighted by molar-refractivity contribution is 6.13. The molecule has 2 amide bonds. The van der Waals surface area contributed by atoms with Crippen LogP contribution in [-0.2, 0) is 12.7 Å². The van der Waals surface area contributed by atoms with Crippen LogP contribution in [0, 0.1) is 6.92 Å². The lowest BCUT2D eigenvalue weighted by Crippen LogP contribution is -2.16. The van der Waals surface area contributed by atoms with E-state index in [0.717, 1.165) is 17.7 Å². The molecule has 0 radical (unpaired) electrons. The first-order valence-corrected chi connectivity index (χ1v) is 13.7. The van der Waals surface area contributed by atoms with Gasteiger partial charge in [-0.05, 0) is 67.1 Å². The fraction of sp³-hybridized carbons (Fsp3) is 0.152. The molecule has 45 heavy (non-hydrogen) atoms. The third-order valence-corrected chi connectivity index (χ3v) is 7.05. The topological polar surface area (TPSA) is 114 Å². The number of nitrogens with one attached hydrogen (secondary N) is 3. The SMILES string of the molecule is COc1ccc(CNc2ncnc3c(C(=O)Nc4cc(NC(=O)c5cccc(C(F)(F)F)c5)ccc4C)cccc23)c(OC)c1. The summed E-state index contributed by atoms with van der Waals surface area (Å²) in [4.78, 5) is 34.9. The average molecular weight is 616 g/mol. The lowest BCUT2D eigenvalue weighted by molar-refractivity contribution is -0.137. The van der Waals surface area contributed by atoms with E-state index < -0.39 is 23.6 Å². The molecule has 0 bridgehead atoms. The van der Waals surface area contributed by atoms with E-state index in [4.69, 9.17) is 9.47 Å². The van der Waals surface area contributed by atoms with Gasteiger partial charge < -0.3 is 25.4 Å². The quantitative estimate of drug-likeness (QED) is 0.162. The third kappa shape index (κ3) is 6.96. The molecule has 1 heterocycles. The second kappa shape index (κ2) is 12.9. The number of alkyl halides is 3. The molecule has 5 rings (SSSR count). The number of amides is 2. The van der Waals surface area contributed by atoms with Gasteiger partial charge in [0.2, 0.25) is 0 Å². The lowest BCUT2D eigenvalue weighted by atomic mass is 10.1. The summed E-state index contributed by atoms with van der Waals surface area (Å²) in [5.41, 5.74) is 1.89. The minimum Gasteiger partial charge on any atom is -0.497 e. The number of halogens is 3. The minimum atomic E-state index is -4.58. The van der Waals surface area contributed by atoms with Crippen LogP contribution in [0.5, 0.6) is 11.5 Å². The van der Waals surface area contributed by atoms with Crippen LogP contribution in [0.25, 0.3) is 10.9 Å². The number of ether oxygens (including phenoxy) is 2. The predicted octanol–water partition coefficient (Wildman–Crippen LogP) is 7.09. The number of para-hydroxylation sites is 1. The van der Waals surface area contributed by atoms with E-state index in [9.17, 15) is 22.8 Å². The number of carbonyl (C=O) groups is 2. The number of methoxy groups -OCH3 is 2. The summed E-state index contributed by atoms with van der Waals surface area (Å²) in [6.45, 7) is 2.16. The Morgan fingerprint density at radius 3 is 2.40 bits per heavy atom. The highest BCUT2D eigenvalue weighted by Gasteiger charge is 2.31. The van der Waals surface area contributed by atoms with Crippen LogP contribution >= 0.6 is 0 Å². The van der Waals surface area contributed by atoms with Gasteiger partial charge in [-0.25, -0.2) is 9.97 Å². The normalized spacial score (nSPS) is 11.2. The van der Waals surface area contributed by atoms with Crippen molar-refractivity contribution in [1.29, 1.82) is 0 Å². The second-order valence-corrected chi connectivity index (χ2v) is 9.97. The molecule has 0 saturated carbocycles. The van der Waals surface area contributed by atoms with E-state index in [0.29, 0.717) is 51.7 Å². The van der Waals surface area contributed by atoms with Gasteiger partial charge in [0.05, 0.1) is 30.9 Å². The van der Waals surface area contributed by atoms with Crippen molar-refractivity contribution in [1.82, 2.24) is 9.97 Å². The number of rotatable bonds is 9. The van der Waals surface area contributed by atoms with Crippen LogP contribution in [0.3, 0.4) is 0 Å². The van der Waals surface area contributed by atoms with E-state index in [-0.39, 0.29) is 11.1 Å². The molecule has 0 aliphatic carbocycles. The van der Waals surface area contributed by atoms with Crippen molar-refractivity contribution in [2.75, 3.05) is 30.2 Å². The summed E-state index contributed by atoms with van der Waals surface area (Å²) < 4.78 is 50.1. The van der Waals surface area contributed by atoms with E-state index in [1.807, 2.05) is 12.1 Å². The standard InChI is InChI=1S/C33H28F3N5O4/c1-19-10-12-23(40-31(42)20-6-4-7-22(14-20)33(34,35)36)15-27(19)41-32(43)26-9-5-8-25-29(26)38-18-39-30(25)37-17-21-11-13-24(44-2)16-28(21)45-3/h4-16,18H,17H2,1-3H3,(H,40,42)(H,41,43)(H,37,38,39). The van der Waals surface area contributed by atoms with Crippen molar-refractivity contribution in [3.05, 3.63) is 113 Å². The monoisotopic (exact) mass is 615 g/mol. The zero-order chi connectivity index (χ0) is 32.1. The van der Waals surface area contributed by atoms with Crippen LogP contribution in [0.4, 0.5) is 30.4 Å². The third-order valence-electron chi connectivity index (χ3n) is 7.05. The molecule has 0 fully saturated rings. The number of hydrogen-bond acceptors (Lipinski definition) is 7. The van der Waals surface area contributed by atoms with Gasteiger partial charge in [-0.1, -0.05) is 18.2 Å². The summed E-state index contributed by atoms with van der Waals surface area (Å²) in [7, 11) is 3.15. The Kier molecular flexibility index (Phi) is 8.84. The summed E-state index contributed by atoms with van der Waals surface area (Å²) in [5.74, 6) is 0.649. The number of anilines is 3. The number of aryl methyl sites for hydroxylation is 1. The maximum Gasteiger partial charge on any atom is 0.416 e. The van der Waals surface area contributed by atoms with Gasteiger partial charge in [-0.3, -0.25) is 9.59 Å². The Balaban J connectivity index is 1.34. The fourth-order valence-electron chi connectivity index (χ4n) is 4.65. The summed E-state index contributed by atoms with van der Waals surface area (Å²) in [5, 5.41) is 9.36. The van der Waals surface area contributed by atoms with Gasteiger partial charge in [0.25, 0.3) is 11.8 Å². The minimum absolute atomic E-state index is 0.152. The zero-order valence-electron chi connectivity index (χ0n) is 24.5. The highest BCUT2D eigenvalue weighted by atomic mass is 19.4. The number of nitrogens with zero attached hydrogens (tertiary/aromatic N) is 2. The number of benzene rings is 4. The Morgan fingerprint density at radius 1 is 0.844 bits per heavy atom. The van der Waals surface area contributed by atoms with Crippen LogP contribution in [0.2, 0.25) is 0 Å². The number of fused-ring (bicyclic) bond motifs is 1. The van der Waals surface area contributed by atoms with E-state index >= 15 is 0 Å². The highest BCUT2D eigenvalue weighted by Crippen LogP contribution is 2.31. The molecule has 0 aliphatic rings.